The fraction of sp³-hybridized carbons (Fsp3) is 0.0588. The van der Waals surface area contributed by atoms with Gasteiger partial charge in [-0.2, -0.15) is 0 Å². The Labute approximate surface area is 144 Å². The summed E-state index contributed by atoms with van der Waals surface area (Å²) in [4.78, 5) is 0. The molecule has 0 unspecified atom stereocenters. The van der Waals surface area contributed by atoms with Crippen molar-refractivity contribution < 1.29 is 17.6 Å². The van der Waals surface area contributed by atoms with E-state index in [1.54, 1.807) is 12.1 Å². The predicted molar refractivity (Wildman–Crippen MR) is 86.5 cm³/mol. The van der Waals surface area contributed by atoms with Crippen LogP contribution in [0.1, 0.15) is 22.9 Å². The van der Waals surface area contributed by atoms with Crippen LogP contribution in [0.3, 0.4) is 0 Å². The lowest BCUT2D eigenvalue weighted by Gasteiger charge is -1.99. The molecule has 3 nitrogen and oxygen atoms in total. The third kappa shape index (κ3) is 3.91. The van der Waals surface area contributed by atoms with Crippen LogP contribution >= 0.6 is 15.9 Å². The van der Waals surface area contributed by atoms with Gasteiger partial charge in [0, 0.05) is 17.7 Å². The molecule has 0 N–H and O–H groups in total. The van der Waals surface area contributed by atoms with Gasteiger partial charge in [0.2, 0.25) is 11.8 Å². The first-order valence-electron chi connectivity index (χ1n) is 6.91. The van der Waals surface area contributed by atoms with Crippen molar-refractivity contribution in [2.75, 3.05) is 0 Å². The zero-order valence-corrected chi connectivity index (χ0v) is 13.7. The summed E-state index contributed by atoms with van der Waals surface area (Å²) in [7, 11) is 0. The van der Waals surface area contributed by atoms with E-state index in [0.29, 0.717) is 16.8 Å². The van der Waals surface area contributed by atoms with E-state index in [2.05, 4.69) is 26.1 Å². The minimum atomic E-state index is -0.679. The Morgan fingerprint density at radius 2 is 1.79 bits per heavy atom. The van der Waals surface area contributed by atoms with Gasteiger partial charge in [-0.3, -0.25) is 0 Å². The minimum Gasteiger partial charge on any atom is -0.421 e. The van der Waals surface area contributed by atoms with Gasteiger partial charge in [-0.25, -0.2) is 13.2 Å². The second-order valence-electron chi connectivity index (χ2n) is 4.96. The van der Waals surface area contributed by atoms with Gasteiger partial charge in [-0.1, -0.05) is 6.07 Å². The molecule has 0 saturated carbocycles. The Kier molecular flexibility index (Phi) is 4.80. The maximum absolute atomic E-state index is 13.5. The van der Waals surface area contributed by atoms with Crippen molar-refractivity contribution in [2.24, 2.45) is 0 Å². The van der Waals surface area contributed by atoms with Crippen molar-refractivity contribution in [3.63, 3.8) is 0 Å². The molecule has 0 radical (unpaired) electrons. The van der Waals surface area contributed by atoms with Crippen molar-refractivity contribution in [1.29, 1.82) is 0 Å². The molecule has 0 spiro atoms. The fourth-order valence-corrected chi connectivity index (χ4v) is 2.45. The highest BCUT2D eigenvalue weighted by atomic mass is 79.9. The molecule has 1 aromatic heterocycles. The molecule has 0 saturated heterocycles. The molecule has 0 aliphatic heterocycles. The standard InChI is InChI=1S/C17H10BrF3N2O/c18-13-7-10(1-5-14(13)20)8-17-23-22-16(24-17)6-3-11-2-4-12(19)9-15(11)21/h1-7,9H,8H2. The maximum Gasteiger partial charge on any atom is 0.240 e. The molecule has 0 aliphatic rings. The smallest absolute Gasteiger partial charge is 0.240 e. The van der Waals surface area contributed by atoms with E-state index in [1.165, 1.54) is 24.3 Å². The van der Waals surface area contributed by atoms with Gasteiger partial charge < -0.3 is 4.42 Å². The molecule has 7 heteroatoms. The molecule has 0 aliphatic carbocycles. The quantitative estimate of drug-likeness (QED) is 0.624. The van der Waals surface area contributed by atoms with Crippen molar-refractivity contribution >= 4 is 28.1 Å². The number of halogens is 4. The van der Waals surface area contributed by atoms with Gasteiger partial charge in [-0.05, 0) is 51.8 Å². The van der Waals surface area contributed by atoms with Crippen molar-refractivity contribution in [1.82, 2.24) is 10.2 Å². The van der Waals surface area contributed by atoms with Gasteiger partial charge in [-0.15, -0.1) is 10.2 Å². The van der Waals surface area contributed by atoms with E-state index in [9.17, 15) is 13.2 Å². The summed E-state index contributed by atoms with van der Waals surface area (Å²) in [6, 6.07) is 7.86. The van der Waals surface area contributed by atoms with Crippen LogP contribution in [0.25, 0.3) is 12.2 Å². The first-order valence-corrected chi connectivity index (χ1v) is 7.70. The molecule has 3 rings (SSSR count). The van der Waals surface area contributed by atoms with E-state index in [4.69, 9.17) is 4.42 Å². The third-order valence-electron chi connectivity index (χ3n) is 3.19. The van der Waals surface area contributed by atoms with Crippen molar-refractivity contribution in [2.45, 2.75) is 6.42 Å². The second-order valence-corrected chi connectivity index (χ2v) is 5.81. The maximum atomic E-state index is 13.5. The summed E-state index contributed by atoms with van der Waals surface area (Å²) < 4.78 is 45.3. The molecular weight excluding hydrogens is 385 g/mol. The first-order chi connectivity index (χ1) is 11.5. The van der Waals surface area contributed by atoms with E-state index >= 15 is 0 Å². The Morgan fingerprint density at radius 1 is 0.958 bits per heavy atom. The van der Waals surface area contributed by atoms with Gasteiger partial charge in [0.25, 0.3) is 0 Å². The van der Waals surface area contributed by atoms with Crippen molar-refractivity contribution in [3.05, 3.63) is 81.2 Å². The van der Waals surface area contributed by atoms with Crippen LogP contribution in [0.5, 0.6) is 0 Å². The lowest BCUT2D eigenvalue weighted by molar-refractivity contribution is 0.496. The highest BCUT2D eigenvalue weighted by Crippen LogP contribution is 2.19. The molecule has 0 bridgehead atoms. The van der Waals surface area contributed by atoms with Gasteiger partial charge in [0.1, 0.15) is 17.5 Å². The summed E-state index contributed by atoms with van der Waals surface area (Å²) in [6.07, 6.45) is 3.19. The molecule has 0 atom stereocenters. The number of rotatable bonds is 4. The zero-order valence-electron chi connectivity index (χ0n) is 12.1. The average molecular weight is 395 g/mol. The molecule has 1 heterocycles. The van der Waals surface area contributed by atoms with Gasteiger partial charge >= 0.3 is 0 Å². The summed E-state index contributed by atoms with van der Waals surface area (Å²) in [5.74, 6) is -1.14. The molecular formula is C17H10BrF3N2O. The van der Waals surface area contributed by atoms with E-state index in [-0.39, 0.29) is 17.3 Å². The lowest BCUT2D eigenvalue weighted by Crippen LogP contribution is -1.89. The number of hydrogen-bond acceptors (Lipinski definition) is 3. The number of nitrogens with zero attached hydrogens (tertiary/aromatic N) is 2. The molecule has 24 heavy (non-hydrogen) atoms. The molecule has 2 aromatic carbocycles. The molecule has 0 fully saturated rings. The number of benzene rings is 2. The third-order valence-corrected chi connectivity index (χ3v) is 3.80. The van der Waals surface area contributed by atoms with Crippen LogP contribution < -0.4 is 0 Å². The molecule has 122 valence electrons. The monoisotopic (exact) mass is 394 g/mol. The Bertz CT molecular complexity index is 909. The van der Waals surface area contributed by atoms with Crippen LogP contribution in [0.4, 0.5) is 13.2 Å². The predicted octanol–water partition coefficient (Wildman–Crippen LogP) is 5.01. The Morgan fingerprint density at radius 3 is 2.54 bits per heavy atom. The fourth-order valence-electron chi connectivity index (χ4n) is 2.03. The van der Waals surface area contributed by atoms with Crippen LogP contribution in [-0.2, 0) is 6.42 Å². The van der Waals surface area contributed by atoms with Gasteiger partial charge in [0.15, 0.2) is 0 Å². The van der Waals surface area contributed by atoms with Crippen molar-refractivity contribution in [3.8, 4) is 0 Å². The minimum absolute atomic E-state index is 0.190. The highest BCUT2D eigenvalue weighted by Gasteiger charge is 2.08. The lowest BCUT2D eigenvalue weighted by atomic mass is 10.1. The van der Waals surface area contributed by atoms with E-state index < -0.39 is 11.6 Å². The van der Waals surface area contributed by atoms with Crippen LogP contribution in [0, 0.1) is 17.5 Å². The molecule has 0 amide bonds. The largest absolute Gasteiger partial charge is 0.421 e. The zero-order chi connectivity index (χ0) is 17.1. The average Bonchev–Trinajstić information content (AvgIpc) is 2.98. The molecule has 3 aromatic rings. The Hall–Kier alpha value is -2.41. The first kappa shape index (κ1) is 16.4. The normalized spacial score (nSPS) is 11.3. The van der Waals surface area contributed by atoms with E-state index in [1.807, 2.05) is 0 Å². The summed E-state index contributed by atoms with van der Waals surface area (Å²) in [5.41, 5.74) is 1.01. The highest BCUT2D eigenvalue weighted by molar-refractivity contribution is 9.10. The summed E-state index contributed by atoms with van der Waals surface area (Å²) in [6.45, 7) is 0. The van der Waals surface area contributed by atoms with Crippen LogP contribution in [0.2, 0.25) is 0 Å². The second kappa shape index (κ2) is 7.00. The Balaban J connectivity index is 1.73. The number of aromatic nitrogens is 2. The van der Waals surface area contributed by atoms with Crippen LogP contribution in [-0.4, -0.2) is 10.2 Å². The topological polar surface area (TPSA) is 38.9 Å². The van der Waals surface area contributed by atoms with E-state index in [0.717, 1.165) is 17.7 Å². The number of hydrogen-bond donors (Lipinski definition) is 0. The van der Waals surface area contributed by atoms with Crippen LogP contribution in [0.15, 0.2) is 45.3 Å². The SMILES string of the molecule is Fc1ccc(C=Cc2nnc(Cc3ccc(F)c(Br)c3)o2)c(F)c1. The summed E-state index contributed by atoms with van der Waals surface area (Å²) >= 11 is 3.11. The summed E-state index contributed by atoms with van der Waals surface area (Å²) in [5, 5.41) is 7.71. The van der Waals surface area contributed by atoms with Gasteiger partial charge in [0.05, 0.1) is 10.9 Å².